The standard InChI is InChI=1S/C21H27N5O3/c1-2-3-8-22-21(27)17-5-7-20(24-23-17)26-11-9-25(10-12-26)14-16-4-6-18-19(13-16)29-15-28-18/h4-7,13H,2-3,8-12,14-15H2,1H3,(H,22,27). The topological polar surface area (TPSA) is 79.8 Å². The molecule has 154 valence electrons. The van der Waals surface area contributed by atoms with Crippen LogP contribution in [-0.4, -0.2) is 60.5 Å². The molecule has 2 aliphatic heterocycles. The Morgan fingerprint density at radius 1 is 1.07 bits per heavy atom. The first-order valence-corrected chi connectivity index (χ1v) is 10.2. The summed E-state index contributed by atoms with van der Waals surface area (Å²) in [6.45, 7) is 7.58. The number of carbonyl (C=O) groups is 1. The van der Waals surface area contributed by atoms with Crippen molar-refractivity contribution >= 4 is 11.7 Å². The van der Waals surface area contributed by atoms with Gasteiger partial charge in [-0.25, -0.2) is 0 Å². The van der Waals surface area contributed by atoms with E-state index in [2.05, 4.69) is 44.4 Å². The zero-order valence-corrected chi connectivity index (χ0v) is 16.8. The second-order valence-corrected chi connectivity index (χ2v) is 7.34. The number of rotatable bonds is 7. The maximum atomic E-state index is 12.0. The van der Waals surface area contributed by atoms with E-state index in [1.807, 2.05) is 12.1 Å². The van der Waals surface area contributed by atoms with Gasteiger partial charge < -0.3 is 19.7 Å². The summed E-state index contributed by atoms with van der Waals surface area (Å²) >= 11 is 0. The molecule has 1 saturated heterocycles. The largest absolute Gasteiger partial charge is 0.454 e. The van der Waals surface area contributed by atoms with E-state index in [1.165, 1.54) is 5.56 Å². The number of ether oxygens (including phenoxy) is 2. The van der Waals surface area contributed by atoms with Gasteiger partial charge in [-0.05, 0) is 36.2 Å². The quantitative estimate of drug-likeness (QED) is 0.717. The highest BCUT2D eigenvalue weighted by Crippen LogP contribution is 2.32. The van der Waals surface area contributed by atoms with Crippen molar-refractivity contribution in [2.45, 2.75) is 26.3 Å². The van der Waals surface area contributed by atoms with Crippen molar-refractivity contribution in [3.63, 3.8) is 0 Å². The Morgan fingerprint density at radius 2 is 1.90 bits per heavy atom. The number of hydrogen-bond donors (Lipinski definition) is 1. The number of carbonyl (C=O) groups excluding carboxylic acids is 1. The molecule has 4 rings (SSSR count). The summed E-state index contributed by atoms with van der Waals surface area (Å²) in [5.74, 6) is 2.30. The SMILES string of the molecule is CCCCNC(=O)c1ccc(N2CCN(Cc3ccc4c(c3)OCO4)CC2)nn1. The summed E-state index contributed by atoms with van der Waals surface area (Å²) in [6, 6.07) is 9.77. The highest BCUT2D eigenvalue weighted by Gasteiger charge is 2.20. The van der Waals surface area contributed by atoms with E-state index in [0.29, 0.717) is 19.0 Å². The number of benzene rings is 1. The van der Waals surface area contributed by atoms with Gasteiger partial charge in [0.05, 0.1) is 0 Å². The van der Waals surface area contributed by atoms with Crippen LogP contribution in [0.25, 0.3) is 0 Å². The Kier molecular flexibility index (Phi) is 6.09. The molecule has 2 aromatic rings. The molecule has 2 aliphatic rings. The van der Waals surface area contributed by atoms with Crippen LogP contribution in [-0.2, 0) is 6.54 Å². The molecule has 0 spiro atoms. The van der Waals surface area contributed by atoms with Crippen molar-refractivity contribution in [2.24, 2.45) is 0 Å². The van der Waals surface area contributed by atoms with Crippen LogP contribution in [0.5, 0.6) is 11.5 Å². The van der Waals surface area contributed by atoms with Crippen molar-refractivity contribution in [2.75, 3.05) is 44.4 Å². The van der Waals surface area contributed by atoms with E-state index in [4.69, 9.17) is 9.47 Å². The van der Waals surface area contributed by atoms with E-state index in [1.54, 1.807) is 6.07 Å². The molecular weight excluding hydrogens is 370 g/mol. The van der Waals surface area contributed by atoms with Crippen molar-refractivity contribution in [3.05, 3.63) is 41.6 Å². The molecule has 0 unspecified atom stereocenters. The molecule has 0 atom stereocenters. The molecule has 0 saturated carbocycles. The monoisotopic (exact) mass is 397 g/mol. The highest BCUT2D eigenvalue weighted by atomic mass is 16.7. The zero-order chi connectivity index (χ0) is 20.1. The minimum absolute atomic E-state index is 0.161. The van der Waals surface area contributed by atoms with Gasteiger partial charge in [-0.1, -0.05) is 19.4 Å². The molecule has 8 nitrogen and oxygen atoms in total. The fraction of sp³-hybridized carbons (Fsp3) is 0.476. The molecule has 0 radical (unpaired) electrons. The van der Waals surface area contributed by atoms with Crippen molar-refractivity contribution in [1.82, 2.24) is 20.4 Å². The third-order valence-corrected chi connectivity index (χ3v) is 5.24. The molecular formula is C21H27N5O3. The van der Waals surface area contributed by atoms with Gasteiger partial charge in [0.1, 0.15) is 0 Å². The van der Waals surface area contributed by atoms with E-state index in [9.17, 15) is 4.79 Å². The van der Waals surface area contributed by atoms with Crippen LogP contribution in [0.3, 0.4) is 0 Å². The number of piperazine rings is 1. The third kappa shape index (κ3) is 4.76. The Hall–Kier alpha value is -2.87. The van der Waals surface area contributed by atoms with E-state index >= 15 is 0 Å². The van der Waals surface area contributed by atoms with Gasteiger partial charge in [0.25, 0.3) is 5.91 Å². The predicted octanol–water partition coefficient (Wildman–Crippen LogP) is 2.06. The van der Waals surface area contributed by atoms with Crippen molar-refractivity contribution in [1.29, 1.82) is 0 Å². The van der Waals surface area contributed by atoms with Gasteiger partial charge in [-0.15, -0.1) is 10.2 Å². The maximum Gasteiger partial charge on any atom is 0.271 e. The summed E-state index contributed by atoms with van der Waals surface area (Å²) in [5, 5.41) is 11.2. The van der Waals surface area contributed by atoms with Gasteiger partial charge >= 0.3 is 0 Å². The van der Waals surface area contributed by atoms with Gasteiger partial charge in [0.15, 0.2) is 23.0 Å². The minimum Gasteiger partial charge on any atom is -0.454 e. The lowest BCUT2D eigenvalue weighted by Crippen LogP contribution is -2.46. The number of unbranched alkanes of at least 4 members (excludes halogenated alkanes) is 1. The lowest BCUT2D eigenvalue weighted by molar-refractivity contribution is 0.0947. The maximum absolute atomic E-state index is 12.0. The fourth-order valence-corrected chi connectivity index (χ4v) is 3.52. The van der Waals surface area contributed by atoms with Gasteiger partial charge in [-0.2, -0.15) is 0 Å². The molecule has 3 heterocycles. The average molecular weight is 397 g/mol. The average Bonchev–Trinajstić information content (AvgIpc) is 3.22. The number of nitrogens with one attached hydrogen (secondary N) is 1. The van der Waals surface area contributed by atoms with Crippen LogP contribution < -0.4 is 19.7 Å². The first-order valence-electron chi connectivity index (χ1n) is 10.2. The Labute approximate surface area is 170 Å². The molecule has 0 aliphatic carbocycles. The second-order valence-electron chi connectivity index (χ2n) is 7.34. The van der Waals surface area contributed by atoms with E-state index < -0.39 is 0 Å². The van der Waals surface area contributed by atoms with Crippen LogP contribution in [0.4, 0.5) is 5.82 Å². The first-order chi connectivity index (χ1) is 14.2. The molecule has 0 bridgehead atoms. The second kappa shape index (κ2) is 9.09. The minimum atomic E-state index is -0.161. The third-order valence-electron chi connectivity index (χ3n) is 5.24. The molecule has 1 aromatic carbocycles. The number of nitrogens with zero attached hydrogens (tertiary/aromatic N) is 4. The van der Waals surface area contributed by atoms with Crippen LogP contribution in [0.2, 0.25) is 0 Å². The normalized spacial score (nSPS) is 16.1. The first kappa shape index (κ1) is 19.4. The predicted molar refractivity (Wildman–Crippen MR) is 109 cm³/mol. The Morgan fingerprint density at radius 3 is 2.66 bits per heavy atom. The Bertz CT molecular complexity index is 835. The number of amides is 1. The molecule has 8 heteroatoms. The van der Waals surface area contributed by atoms with Crippen LogP contribution in [0.1, 0.15) is 35.8 Å². The molecule has 1 amide bonds. The summed E-state index contributed by atoms with van der Waals surface area (Å²) in [5.41, 5.74) is 1.59. The molecule has 1 aromatic heterocycles. The lowest BCUT2D eigenvalue weighted by atomic mass is 10.1. The number of hydrogen-bond acceptors (Lipinski definition) is 7. The summed E-state index contributed by atoms with van der Waals surface area (Å²) < 4.78 is 10.8. The molecule has 1 N–H and O–H groups in total. The summed E-state index contributed by atoms with van der Waals surface area (Å²) in [7, 11) is 0. The number of fused-ring (bicyclic) bond motifs is 1. The molecule has 29 heavy (non-hydrogen) atoms. The number of anilines is 1. The smallest absolute Gasteiger partial charge is 0.271 e. The van der Waals surface area contributed by atoms with Gasteiger partial charge in [-0.3, -0.25) is 9.69 Å². The van der Waals surface area contributed by atoms with Gasteiger partial charge in [0, 0.05) is 39.3 Å². The van der Waals surface area contributed by atoms with E-state index in [-0.39, 0.29) is 5.91 Å². The summed E-state index contributed by atoms with van der Waals surface area (Å²) in [4.78, 5) is 16.7. The van der Waals surface area contributed by atoms with E-state index in [0.717, 1.165) is 62.9 Å². The highest BCUT2D eigenvalue weighted by molar-refractivity contribution is 5.92. The van der Waals surface area contributed by atoms with Crippen molar-refractivity contribution < 1.29 is 14.3 Å². The van der Waals surface area contributed by atoms with Crippen LogP contribution in [0.15, 0.2) is 30.3 Å². The zero-order valence-electron chi connectivity index (χ0n) is 16.8. The fourth-order valence-electron chi connectivity index (χ4n) is 3.52. The Balaban J connectivity index is 1.27. The van der Waals surface area contributed by atoms with Gasteiger partial charge in [0.2, 0.25) is 6.79 Å². The number of aromatic nitrogens is 2. The van der Waals surface area contributed by atoms with Crippen LogP contribution in [0, 0.1) is 0 Å². The summed E-state index contributed by atoms with van der Waals surface area (Å²) in [6.07, 6.45) is 2.01. The van der Waals surface area contributed by atoms with Crippen molar-refractivity contribution in [3.8, 4) is 11.5 Å². The molecule has 1 fully saturated rings. The lowest BCUT2D eigenvalue weighted by Gasteiger charge is -2.35. The van der Waals surface area contributed by atoms with Crippen LogP contribution >= 0.6 is 0 Å².